The van der Waals surface area contributed by atoms with E-state index in [2.05, 4.69) is 31.0 Å². The van der Waals surface area contributed by atoms with Gasteiger partial charge in [0.15, 0.2) is 5.13 Å². The van der Waals surface area contributed by atoms with Crippen molar-refractivity contribution in [3.8, 4) is 11.3 Å². The highest BCUT2D eigenvalue weighted by molar-refractivity contribution is 9.10. The highest BCUT2D eigenvalue weighted by atomic mass is 79.9. The predicted molar refractivity (Wildman–Crippen MR) is 122 cm³/mol. The van der Waals surface area contributed by atoms with E-state index >= 15 is 0 Å². The number of amides is 1. The molecule has 2 aromatic carbocycles. The van der Waals surface area contributed by atoms with Crippen LogP contribution in [0.2, 0.25) is 5.02 Å². The number of rotatable bonds is 6. The van der Waals surface area contributed by atoms with E-state index < -0.39 is 21.2 Å². The molecule has 3 rings (SSSR count). The molecule has 1 heterocycles. The minimum Gasteiger partial charge on any atom is -0.298 e. The molecule has 0 spiro atoms. The van der Waals surface area contributed by atoms with Crippen molar-refractivity contribution in [2.45, 2.75) is 19.1 Å². The second-order valence-electron chi connectivity index (χ2n) is 6.38. The largest absolute Gasteiger partial charge is 0.298 e. The number of hydrogen-bond donors (Lipinski definition) is 2. The topological polar surface area (TPSA) is 88.2 Å². The molecule has 6 nitrogen and oxygen atoms in total. The van der Waals surface area contributed by atoms with E-state index in [1.165, 1.54) is 29.5 Å². The second kappa shape index (κ2) is 8.83. The third kappa shape index (κ3) is 5.36. The van der Waals surface area contributed by atoms with Gasteiger partial charge in [-0.1, -0.05) is 39.7 Å². The van der Waals surface area contributed by atoms with E-state index in [1.54, 1.807) is 13.8 Å². The van der Waals surface area contributed by atoms with E-state index in [4.69, 9.17) is 11.6 Å². The first-order chi connectivity index (χ1) is 13.7. The molecular weight excluding hydrogens is 498 g/mol. The van der Waals surface area contributed by atoms with E-state index in [0.717, 1.165) is 15.7 Å². The van der Waals surface area contributed by atoms with E-state index in [-0.39, 0.29) is 11.3 Å². The maximum absolute atomic E-state index is 12.8. The van der Waals surface area contributed by atoms with Crippen LogP contribution in [0, 0.1) is 0 Å². The maximum atomic E-state index is 12.8. The minimum atomic E-state index is -3.62. The molecule has 10 heteroatoms. The number of nitrogens with zero attached hydrogens (tertiary/aromatic N) is 1. The Bertz CT molecular complexity index is 1150. The number of thiazole rings is 1. The summed E-state index contributed by atoms with van der Waals surface area (Å²) >= 11 is 10.7. The molecule has 1 amide bonds. The highest BCUT2D eigenvalue weighted by Gasteiger charge is 2.21. The summed E-state index contributed by atoms with van der Waals surface area (Å²) in [5, 5.41) is 4.60. The van der Waals surface area contributed by atoms with Gasteiger partial charge in [-0.15, -0.1) is 11.3 Å². The number of hydrogen-bond acceptors (Lipinski definition) is 5. The number of aromatic nitrogens is 1. The zero-order valence-corrected chi connectivity index (χ0v) is 19.4. The van der Waals surface area contributed by atoms with Crippen LogP contribution < -0.4 is 10.0 Å². The van der Waals surface area contributed by atoms with Gasteiger partial charge in [0.25, 0.3) is 5.91 Å². The van der Waals surface area contributed by atoms with Crippen LogP contribution in [0.5, 0.6) is 0 Å². The van der Waals surface area contributed by atoms with Crippen molar-refractivity contribution in [3.63, 3.8) is 0 Å². The smallest absolute Gasteiger partial charge is 0.259 e. The van der Waals surface area contributed by atoms with Crippen LogP contribution in [0.25, 0.3) is 11.3 Å². The Balaban J connectivity index is 1.84. The molecule has 0 bridgehead atoms. The van der Waals surface area contributed by atoms with Gasteiger partial charge in [0.1, 0.15) is 0 Å². The quantitative estimate of drug-likeness (QED) is 0.446. The standard InChI is InChI=1S/C19H17BrClN3O3S2/c1-11(2)29(26,27)24-16-8-7-14(21)9-15(16)18(25)23-19-22-17(10-28-19)12-3-5-13(20)6-4-12/h3-11,24H,1-2H3,(H,22,23,25). The Kier molecular flexibility index (Phi) is 6.62. The number of nitrogens with one attached hydrogen (secondary N) is 2. The zero-order valence-electron chi connectivity index (χ0n) is 15.4. The molecule has 3 aromatic rings. The number of benzene rings is 2. The van der Waals surface area contributed by atoms with E-state index in [0.29, 0.717) is 10.2 Å². The first kappa shape index (κ1) is 21.8. The molecule has 0 aliphatic carbocycles. The predicted octanol–water partition coefficient (Wildman–Crippen LogP) is 5.63. The molecule has 152 valence electrons. The summed E-state index contributed by atoms with van der Waals surface area (Å²) in [5.74, 6) is -0.509. The van der Waals surface area contributed by atoms with Crippen LogP contribution in [0.3, 0.4) is 0 Å². The van der Waals surface area contributed by atoms with E-state index in [9.17, 15) is 13.2 Å². The zero-order chi connectivity index (χ0) is 21.2. The summed E-state index contributed by atoms with van der Waals surface area (Å²) in [6, 6.07) is 12.1. The Morgan fingerprint density at radius 1 is 1.17 bits per heavy atom. The first-order valence-electron chi connectivity index (χ1n) is 8.50. The molecule has 0 fully saturated rings. The van der Waals surface area contributed by atoms with Crippen molar-refractivity contribution in [3.05, 3.63) is 62.9 Å². The summed E-state index contributed by atoms with van der Waals surface area (Å²) in [7, 11) is -3.62. The number of anilines is 2. The molecular formula is C19H17BrClN3O3S2. The number of sulfonamides is 1. The van der Waals surface area contributed by atoms with Crippen LogP contribution in [0.15, 0.2) is 52.3 Å². The monoisotopic (exact) mass is 513 g/mol. The van der Waals surface area contributed by atoms with Crippen molar-refractivity contribution < 1.29 is 13.2 Å². The third-order valence-corrected chi connectivity index (χ3v) is 7.23. The summed E-state index contributed by atoms with van der Waals surface area (Å²) in [5.41, 5.74) is 1.91. The summed E-state index contributed by atoms with van der Waals surface area (Å²) < 4.78 is 27.8. The SMILES string of the molecule is CC(C)S(=O)(=O)Nc1ccc(Cl)cc1C(=O)Nc1nc(-c2ccc(Br)cc2)cs1. The van der Waals surface area contributed by atoms with Gasteiger partial charge in [-0.2, -0.15) is 0 Å². The van der Waals surface area contributed by atoms with Crippen molar-refractivity contribution in [2.24, 2.45) is 0 Å². The number of carbonyl (C=O) groups excluding carboxylic acids is 1. The molecule has 0 saturated carbocycles. The van der Waals surface area contributed by atoms with Gasteiger partial charge in [-0.3, -0.25) is 14.8 Å². The molecule has 0 unspecified atom stereocenters. The molecule has 0 atom stereocenters. The Hall–Kier alpha value is -1.94. The average Bonchev–Trinajstić information content (AvgIpc) is 3.12. The Labute approximate surface area is 186 Å². The van der Waals surface area contributed by atoms with Crippen molar-refractivity contribution in [1.82, 2.24) is 4.98 Å². The lowest BCUT2D eigenvalue weighted by molar-refractivity contribution is 0.102. The van der Waals surface area contributed by atoms with Crippen LogP contribution in [-0.2, 0) is 10.0 Å². The molecule has 29 heavy (non-hydrogen) atoms. The van der Waals surface area contributed by atoms with Gasteiger partial charge in [0.2, 0.25) is 10.0 Å². The Morgan fingerprint density at radius 3 is 2.52 bits per heavy atom. The van der Waals surface area contributed by atoms with Gasteiger partial charge in [0, 0.05) is 20.4 Å². The lowest BCUT2D eigenvalue weighted by Crippen LogP contribution is -2.24. The molecule has 1 aromatic heterocycles. The maximum Gasteiger partial charge on any atom is 0.259 e. The highest BCUT2D eigenvalue weighted by Crippen LogP contribution is 2.28. The number of halogens is 2. The lowest BCUT2D eigenvalue weighted by Gasteiger charge is -2.14. The van der Waals surface area contributed by atoms with Gasteiger partial charge in [-0.25, -0.2) is 13.4 Å². The third-order valence-electron chi connectivity index (χ3n) is 3.96. The van der Waals surface area contributed by atoms with Crippen LogP contribution >= 0.6 is 38.9 Å². The molecule has 0 aliphatic heterocycles. The second-order valence-corrected chi connectivity index (χ2v) is 10.8. The number of carbonyl (C=O) groups is 1. The summed E-state index contributed by atoms with van der Waals surface area (Å²) in [6.45, 7) is 3.11. The van der Waals surface area contributed by atoms with Crippen molar-refractivity contribution in [1.29, 1.82) is 0 Å². The fraction of sp³-hybridized carbons (Fsp3) is 0.158. The van der Waals surface area contributed by atoms with Gasteiger partial charge >= 0.3 is 0 Å². The fourth-order valence-corrected chi connectivity index (χ4v) is 4.18. The minimum absolute atomic E-state index is 0.113. The molecule has 0 radical (unpaired) electrons. The van der Waals surface area contributed by atoms with Crippen LogP contribution in [0.1, 0.15) is 24.2 Å². The molecule has 0 saturated heterocycles. The fourth-order valence-electron chi connectivity index (χ4n) is 2.31. The van der Waals surface area contributed by atoms with Gasteiger partial charge in [-0.05, 0) is 44.2 Å². The normalized spacial score (nSPS) is 11.5. The summed E-state index contributed by atoms with van der Waals surface area (Å²) in [4.78, 5) is 17.2. The summed E-state index contributed by atoms with van der Waals surface area (Å²) in [6.07, 6.45) is 0. The van der Waals surface area contributed by atoms with Crippen LogP contribution in [0.4, 0.5) is 10.8 Å². The molecule has 2 N–H and O–H groups in total. The Morgan fingerprint density at radius 2 is 1.86 bits per heavy atom. The molecule has 0 aliphatic rings. The van der Waals surface area contributed by atoms with Crippen LogP contribution in [-0.4, -0.2) is 24.6 Å². The first-order valence-corrected chi connectivity index (χ1v) is 12.1. The average molecular weight is 515 g/mol. The van der Waals surface area contributed by atoms with E-state index in [1.807, 2.05) is 29.6 Å². The van der Waals surface area contributed by atoms with Gasteiger partial charge < -0.3 is 0 Å². The van der Waals surface area contributed by atoms with Gasteiger partial charge in [0.05, 0.1) is 22.2 Å². The lowest BCUT2D eigenvalue weighted by atomic mass is 10.1. The van der Waals surface area contributed by atoms with Crippen molar-refractivity contribution >= 4 is 65.6 Å². The van der Waals surface area contributed by atoms with Crippen molar-refractivity contribution in [2.75, 3.05) is 10.0 Å².